The van der Waals surface area contributed by atoms with Crippen molar-refractivity contribution >= 4 is 68.0 Å². The van der Waals surface area contributed by atoms with Gasteiger partial charge in [0.2, 0.25) is 6.71 Å². The summed E-state index contributed by atoms with van der Waals surface area (Å²) in [5, 5.41) is 2.49. The van der Waals surface area contributed by atoms with Crippen molar-refractivity contribution in [2.24, 2.45) is 0 Å². The molecule has 0 unspecified atom stereocenters. The highest BCUT2D eigenvalue weighted by atomic mass is 15.2. The van der Waals surface area contributed by atoms with Crippen LogP contribution in [0.2, 0.25) is 0 Å². The SMILES string of the molecule is CC(C)(C)c1ccc(N2c3ccc(C(C)(C)C)cc3B3c4ccc(N(c5ccccc5)c5ccc6ccccc6c5)cc4C(C)(C)c4c(C(C)(C)C)ccc2c43)cc1. The minimum absolute atomic E-state index is 0.00124. The number of benzene rings is 7. The van der Waals surface area contributed by atoms with Crippen LogP contribution in [0, 0.1) is 0 Å². The van der Waals surface area contributed by atoms with Crippen molar-refractivity contribution < 1.29 is 0 Å². The molecule has 0 radical (unpaired) electrons. The van der Waals surface area contributed by atoms with E-state index in [4.69, 9.17) is 0 Å². The Hall–Kier alpha value is -5.54. The molecule has 2 nitrogen and oxygen atoms in total. The van der Waals surface area contributed by atoms with Crippen LogP contribution in [0.5, 0.6) is 0 Å². The third-order valence-electron chi connectivity index (χ3n) is 12.9. The zero-order valence-electron chi connectivity index (χ0n) is 36.3. The van der Waals surface area contributed by atoms with Crippen LogP contribution in [-0.2, 0) is 21.7 Å². The molecule has 9 rings (SSSR count). The van der Waals surface area contributed by atoms with Crippen molar-refractivity contribution in [3.05, 3.63) is 173 Å². The van der Waals surface area contributed by atoms with Crippen molar-refractivity contribution in [3.63, 3.8) is 0 Å². The molecule has 2 heterocycles. The van der Waals surface area contributed by atoms with Gasteiger partial charge in [-0.3, -0.25) is 0 Å². The van der Waals surface area contributed by atoms with Crippen LogP contribution in [0.3, 0.4) is 0 Å². The molecule has 0 aliphatic carbocycles. The summed E-state index contributed by atoms with van der Waals surface area (Å²) in [4.78, 5) is 5.00. The number of hydrogen-bond acceptors (Lipinski definition) is 2. The smallest absolute Gasteiger partial charge is 0.247 e. The lowest BCUT2D eigenvalue weighted by Crippen LogP contribution is -2.64. The first-order chi connectivity index (χ1) is 27.4. The first-order valence-electron chi connectivity index (χ1n) is 21.1. The molecular formula is C55H57BN2. The van der Waals surface area contributed by atoms with Gasteiger partial charge in [0.15, 0.2) is 0 Å². The third-order valence-corrected chi connectivity index (χ3v) is 12.9. The Morgan fingerprint density at radius 2 is 1.09 bits per heavy atom. The monoisotopic (exact) mass is 756 g/mol. The van der Waals surface area contributed by atoms with E-state index in [0.717, 1.165) is 11.4 Å². The van der Waals surface area contributed by atoms with Crippen molar-refractivity contribution in [2.75, 3.05) is 9.80 Å². The lowest BCUT2D eigenvalue weighted by atomic mass is 9.29. The van der Waals surface area contributed by atoms with Gasteiger partial charge in [0.05, 0.1) is 0 Å². The lowest BCUT2D eigenvalue weighted by molar-refractivity contribution is 0.552. The Bertz CT molecular complexity index is 2700. The summed E-state index contributed by atoms with van der Waals surface area (Å²) in [6.45, 7) is 26.1. The van der Waals surface area contributed by atoms with E-state index < -0.39 is 0 Å². The van der Waals surface area contributed by atoms with Gasteiger partial charge < -0.3 is 9.80 Å². The Labute approximate surface area is 347 Å². The molecule has 0 saturated heterocycles. The third kappa shape index (κ3) is 6.17. The second-order valence-electron chi connectivity index (χ2n) is 20.4. The predicted molar refractivity (Wildman–Crippen MR) is 253 cm³/mol. The fourth-order valence-corrected chi connectivity index (χ4v) is 9.80. The molecule has 0 N–H and O–H groups in total. The van der Waals surface area contributed by atoms with E-state index in [2.05, 4.69) is 232 Å². The van der Waals surface area contributed by atoms with E-state index in [1.807, 2.05) is 0 Å². The summed E-state index contributed by atoms with van der Waals surface area (Å²) in [6.07, 6.45) is 0. The van der Waals surface area contributed by atoms with Crippen LogP contribution in [-0.4, -0.2) is 6.71 Å². The van der Waals surface area contributed by atoms with Crippen molar-refractivity contribution in [1.29, 1.82) is 0 Å². The first kappa shape index (κ1) is 38.0. The molecule has 2 aliphatic heterocycles. The molecule has 0 aromatic heterocycles. The molecule has 290 valence electrons. The molecule has 7 aromatic carbocycles. The minimum Gasteiger partial charge on any atom is -0.312 e. The Morgan fingerprint density at radius 1 is 0.483 bits per heavy atom. The second-order valence-corrected chi connectivity index (χ2v) is 20.4. The van der Waals surface area contributed by atoms with Gasteiger partial charge >= 0.3 is 0 Å². The van der Waals surface area contributed by atoms with E-state index in [1.54, 1.807) is 0 Å². The quantitative estimate of drug-likeness (QED) is 0.165. The van der Waals surface area contributed by atoms with Gasteiger partial charge in [-0.15, -0.1) is 0 Å². The number of hydrogen-bond donors (Lipinski definition) is 0. The molecule has 0 atom stereocenters. The molecule has 0 spiro atoms. The summed E-state index contributed by atoms with van der Waals surface area (Å²) >= 11 is 0. The molecule has 0 amide bonds. The topological polar surface area (TPSA) is 6.48 Å². The highest BCUT2D eigenvalue weighted by Gasteiger charge is 2.48. The van der Waals surface area contributed by atoms with Crippen molar-refractivity contribution in [3.8, 4) is 0 Å². The average molecular weight is 757 g/mol. The fraction of sp³-hybridized carbons (Fsp3) is 0.273. The fourth-order valence-electron chi connectivity index (χ4n) is 9.80. The molecular weight excluding hydrogens is 699 g/mol. The van der Waals surface area contributed by atoms with Crippen LogP contribution in [0.25, 0.3) is 10.8 Å². The van der Waals surface area contributed by atoms with E-state index in [1.165, 1.54) is 77.7 Å². The van der Waals surface area contributed by atoms with Gasteiger partial charge in [0.1, 0.15) is 0 Å². The molecule has 2 aliphatic rings. The molecule has 58 heavy (non-hydrogen) atoms. The lowest BCUT2D eigenvalue weighted by Gasteiger charge is -2.48. The zero-order chi connectivity index (χ0) is 40.9. The van der Waals surface area contributed by atoms with Crippen LogP contribution >= 0.6 is 0 Å². The molecule has 0 fully saturated rings. The molecule has 3 heteroatoms. The van der Waals surface area contributed by atoms with Gasteiger partial charge in [0.25, 0.3) is 0 Å². The maximum atomic E-state index is 2.56. The molecule has 0 bridgehead atoms. The summed E-state index contributed by atoms with van der Waals surface area (Å²) in [5.74, 6) is 0. The maximum absolute atomic E-state index is 2.56. The van der Waals surface area contributed by atoms with Gasteiger partial charge in [-0.2, -0.15) is 0 Å². The van der Waals surface area contributed by atoms with Gasteiger partial charge in [-0.25, -0.2) is 0 Å². The van der Waals surface area contributed by atoms with Gasteiger partial charge in [0, 0.05) is 39.5 Å². The normalized spacial score (nSPS) is 14.5. The molecule has 7 aromatic rings. The first-order valence-corrected chi connectivity index (χ1v) is 21.1. The van der Waals surface area contributed by atoms with Crippen molar-refractivity contribution in [1.82, 2.24) is 0 Å². The van der Waals surface area contributed by atoms with Crippen LogP contribution in [0.4, 0.5) is 34.1 Å². The van der Waals surface area contributed by atoms with Gasteiger partial charge in [-0.1, -0.05) is 167 Å². The Kier molecular flexibility index (Phi) is 8.68. The number of nitrogens with zero attached hydrogens (tertiary/aromatic N) is 2. The predicted octanol–water partition coefficient (Wildman–Crippen LogP) is 13.1. The van der Waals surface area contributed by atoms with Crippen LogP contribution < -0.4 is 26.2 Å². The van der Waals surface area contributed by atoms with E-state index in [9.17, 15) is 0 Å². The minimum atomic E-state index is -0.289. The van der Waals surface area contributed by atoms with Gasteiger partial charge in [-0.05, 0) is 126 Å². The summed E-state index contributed by atoms with van der Waals surface area (Å²) < 4.78 is 0. The summed E-state index contributed by atoms with van der Waals surface area (Å²) in [5.41, 5.74) is 18.2. The maximum Gasteiger partial charge on any atom is 0.247 e. The van der Waals surface area contributed by atoms with Crippen LogP contribution in [0.1, 0.15) is 104 Å². The second kappa shape index (κ2) is 13.2. The molecule has 0 saturated carbocycles. The Balaban J connectivity index is 1.32. The summed E-state index contributed by atoms with van der Waals surface area (Å²) in [6, 6.07) is 55.2. The highest BCUT2D eigenvalue weighted by Crippen LogP contribution is 2.48. The summed E-state index contributed by atoms with van der Waals surface area (Å²) in [7, 11) is 0. The standard InChI is InChI=1S/C55H57BN2/c1-52(2,3)38-22-26-41(27-23-38)58-48-31-24-39(53(4,5)6)34-47(48)56-46-30-28-43(35-45(46)55(10,11)50-44(54(7,8)9)29-32-49(58)51(50)56)57(40-19-13-12-14-20-40)42-25-21-36-17-15-16-18-37(36)33-42/h12-35H,1-11H3. The highest BCUT2D eigenvalue weighted by molar-refractivity contribution is 6.99. The number of para-hydroxylation sites is 1. The Morgan fingerprint density at radius 3 is 1.76 bits per heavy atom. The van der Waals surface area contributed by atoms with E-state index in [-0.39, 0.29) is 28.4 Å². The van der Waals surface area contributed by atoms with Crippen molar-refractivity contribution in [2.45, 2.75) is 97.8 Å². The number of rotatable bonds is 4. The van der Waals surface area contributed by atoms with E-state index in [0.29, 0.717) is 0 Å². The number of anilines is 6. The largest absolute Gasteiger partial charge is 0.312 e. The average Bonchev–Trinajstić information content (AvgIpc) is 3.18. The zero-order valence-corrected chi connectivity index (χ0v) is 36.3. The van der Waals surface area contributed by atoms with E-state index >= 15 is 0 Å². The van der Waals surface area contributed by atoms with Crippen LogP contribution in [0.15, 0.2) is 146 Å². The number of fused-ring (bicyclic) bond motifs is 5.